The van der Waals surface area contributed by atoms with Crippen LogP contribution in [0.15, 0.2) is 24.3 Å². The van der Waals surface area contributed by atoms with Crippen molar-refractivity contribution in [2.45, 2.75) is 32.6 Å². The molecule has 2 atom stereocenters. The number of benzene rings is 1. The molecule has 1 aromatic rings. The zero-order valence-electron chi connectivity index (χ0n) is 11.6. The van der Waals surface area contributed by atoms with E-state index in [9.17, 15) is 4.79 Å². The number of anilines is 1. The molecule has 3 nitrogen and oxygen atoms in total. The lowest BCUT2D eigenvalue weighted by atomic mass is 9.82. The summed E-state index contributed by atoms with van der Waals surface area (Å²) in [6.45, 7) is 3.94. The van der Waals surface area contributed by atoms with Crippen LogP contribution in [0.5, 0.6) is 0 Å². The molecule has 2 aliphatic rings. The lowest BCUT2D eigenvalue weighted by molar-refractivity contribution is 0.220. The Balaban J connectivity index is 1.62. The van der Waals surface area contributed by atoms with E-state index in [0.29, 0.717) is 0 Å². The average molecular weight is 258 g/mol. The normalized spacial score (nSPS) is 26.1. The third kappa shape index (κ3) is 2.75. The van der Waals surface area contributed by atoms with Gasteiger partial charge in [0.2, 0.25) is 0 Å². The Bertz CT molecular complexity index is 458. The molecule has 1 saturated carbocycles. The molecule has 2 unspecified atom stereocenters. The molecule has 0 spiro atoms. The molecule has 102 valence electrons. The summed E-state index contributed by atoms with van der Waals surface area (Å²) in [5.74, 6) is 1.49. The molecule has 2 amide bonds. The lowest BCUT2D eigenvalue weighted by Crippen LogP contribution is -2.33. The number of aryl methyl sites for hydroxylation is 1. The Hall–Kier alpha value is -1.51. The van der Waals surface area contributed by atoms with E-state index in [-0.39, 0.29) is 6.03 Å². The van der Waals surface area contributed by atoms with Gasteiger partial charge in [-0.2, -0.15) is 0 Å². The Morgan fingerprint density at radius 2 is 1.89 bits per heavy atom. The van der Waals surface area contributed by atoms with Crippen LogP contribution in [0.25, 0.3) is 0 Å². The molecule has 1 heterocycles. The van der Waals surface area contributed by atoms with Gasteiger partial charge in [-0.05, 0) is 49.3 Å². The minimum Gasteiger partial charge on any atom is -0.324 e. The van der Waals surface area contributed by atoms with E-state index < -0.39 is 0 Å². The van der Waals surface area contributed by atoms with Crippen LogP contribution in [-0.2, 0) is 0 Å². The smallest absolute Gasteiger partial charge is 0.321 e. The van der Waals surface area contributed by atoms with Crippen LogP contribution in [0.3, 0.4) is 0 Å². The first-order chi connectivity index (χ1) is 9.22. The number of amides is 2. The average Bonchev–Trinajstić information content (AvgIpc) is 2.82. The standard InChI is InChI=1S/C16H22N2O/c1-12-5-4-8-15(9-12)17-16(19)18-10-13-6-2-3-7-14(13)11-18/h4-5,8-9,13-14H,2-3,6-7,10-11H2,1H3,(H,17,19). The number of urea groups is 1. The van der Waals surface area contributed by atoms with Gasteiger partial charge in [0.15, 0.2) is 0 Å². The molecule has 0 bridgehead atoms. The van der Waals surface area contributed by atoms with Crippen LogP contribution in [0.4, 0.5) is 10.5 Å². The van der Waals surface area contributed by atoms with Gasteiger partial charge in [0.25, 0.3) is 0 Å². The summed E-state index contributed by atoms with van der Waals surface area (Å²) >= 11 is 0. The highest BCUT2D eigenvalue weighted by atomic mass is 16.2. The summed E-state index contributed by atoms with van der Waals surface area (Å²) in [5.41, 5.74) is 2.08. The number of nitrogens with zero attached hydrogens (tertiary/aromatic N) is 1. The van der Waals surface area contributed by atoms with E-state index in [2.05, 4.69) is 5.32 Å². The quantitative estimate of drug-likeness (QED) is 0.819. The Morgan fingerprint density at radius 3 is 2.53 bits per heavy atom. The van der Waals surface area contributed by atoms with Crippen molar-refractivity contribution in [2.24, 2.45) is 11.8 Å². The second kappa shape index (κ2) is 5.24. The van der Waals surface area contributed by atoms with Crippen molar-refractivity contribution in [3.05, 3.63) is 29.8 Å². The van der Waals surface area contributed by atoms with Crippen molar-refractivity contribution >= 4 is 11.7 Å². The van der Waals surface area contributed by atoms with Gasteiger partial charge < -0.3 is 10.2 Å². The molecular formula is C16H22N2O. The summed E-state index contributed by atoms with van der Waals surface area (Å²) in [4.78, 5) is 14.3. The molecule has 3 heteroatoms. The van der Waals surface area contributed by atoms with Crippen molar-refractivity contribution in [3.63, 3.8) is 0 Å². The van der Waals surface area contributed by atoms with Gasteiger partial charge in [-0.1, -0.05) is 25.0 Å². The number of hydrogen-bond donors (Lipinski definition) is 1. The Labute approximate surface area is 115 Å². The van der Waals surface area contributed by atoms with Crippen LogP contribution in [0, 0.1) is 18.8 Å². The predicted octanol–water partition coefficient (Wildman–Crippen LogP) is 3.65. The number of rotatable bonds is 1. The number of hydrogen-bond acceptors (Lipinski definition) is 1. The Morgan fingerprint density at radius 1 is 1.21 bits per heavy atom. The van der Waals surface area contributed by atoms with Crippen molar-refractivity contribution in [3.8, 4) is 0 Å². The van der Waals surface area contributed by atoms with Gasteiger partial charge >= 0.3 is 6.03 Å². The summed E-state index contributed by atoms with van der Waals surface area (Å²) in [7, 11) is 0. The van der Waals surface area contributed by atoms with Crippen LogP contribution in [0.2, 0.25) is 0 Å². The minimum absolute atomic E-state index is 0.0694. The largest absolute Gasteiger partial charge is 0.324 e. The molecule has 1 N–H and O–H groups in total. The van der Waals surface area contributed by atoms with Crippen molar-refractivity contribution in [2.75, 3.05) is 18.4 Å². The third-order valence-corrected chi connectivity index (χ3v) is 4.53. The van der Waals surface area contributed by atoms with Gasteiger partial charge in [0.05, 0.1) is 0 Å². The summed E-state index contributed by atoms with van der Waals surface area (Å²) in [6.07, 6.45) is 5.29. The molecule has 1 saturated heterocycles. The van der Waals surface area contributed by atoms with Gasteiger partial charge in [0, 0.05) is 18.8 Å². The maximum Gasteiger partial charge on any atom is 0.321 e. The highest BCUT2D eigenvalue weighted by Crippen LogP contribution is 2.36. The number of fused-ring (bicyclic) bond motifs is 1. The van der Waals surface area contributed by atoms with Crippen molar-refractivity contribution in [1.29, 1.82) is 0 Å². The molecule has 1 aliphatic heterocycles. The second-order valence-corrected chi connectivity index (χ2v) is 6.01. The molecule has 19 heavy (non-hydrogen) atoms. The van der Waals surface area contributed by atoms with Crippen molar-refractivity contribution < 1.29 is 4.79 Å². The third-order valence-electron chi connectivity index (χ3n) is 4.53. The van der Waals surface area contributed by atoms with Crippen LogP contribution in [-0.4, -0.2) is 24.0 Å². The molecule has 2 fully saturated rings. The number of likely N-dealkylation sites (tertiary alicyclic amines) is 1. The van der Waals surface area contributed by atoms with E-state index in [1.807, 2.05) is 36.1 Å². The summed E-state index contributed by atoms with van der Waals surface area (Å²) in [5, 5.41) is 3.02. The van der Waals surface area contributed by atoms with Gasteiger partial charge in [-0.25, -0.2) is 4.79 Å². The highest BCUT2D eigenvalue weighted by molar-refractivity contribution is 5.89. The molecule has 3 rings (SSSR count). The van der Waals surface area contributed by atoms with E-state index in [1.165, 1.54) is 31.2 Å². The maximum atomic E-state index is 12.3. The van der Waals surface area contributed by atoms with Gasteiger partial charge in [-0.15, -0.1) is 0 Å². The zero-order chi connectivity index (χ0) is 13.2. The fourth-order valence-electron chi connectivity index (χ4n) is 3.50. The number of carbonyl (C=O) groups is 1. The highest BCUT2D eigenvalue weighted by Gasteiger charge is 2.36. The molecule has 1 aromatic carbocycles. The maximum absolute atomic E-state index is 12.3. The van der Waals surface area contributed by atoms with Crippen LogP contribution in [0.1, 0.15) is 31.2 Å². The first kappa shape index (κ1) is 12.5. The van der Waals surface area contributed by atoms with Gasteiger partial charge in [-0.3, -0.25) is 0 Å². The predicted molar refractivity (Wildman–Crippen MR) is 77.2 cm³/mol. The minimum atomic E-state index is 0.0694. The number of carbonyl (C=O) groups excluding carboxylic acids is 1. The lowest BCUT2D eigenvalue weighted by Gasteiger charge is -2.22. The van der Waals surface area contributed by atoms with Gasteiger partial charge in [0.1, 0.15) is 0 Å². The van der Waals surface area contributed by atoms with Crippen LogP contribution < -0.4 is 5.32 Å². The first-order valence-corrected chi connectivity index (χ1v) is 7.35. The fraction of sp³-hybridized carbons (Fsp3) is 0.562. The topological polar surface area (TPSA) is 32.3 Å². The van der Waals surface area contributed by atoms with Crippen LogP contribution >= 0.6 is 0 Å². The van der Waals surface area contributed by atoms with E-state index in [0.717, 1.165) is 30.6 Å². The zero-order valence-corrected chi connectivity index (χ0v) is 11.6. The molecule has 0 radical (unpaired) electrons. The molecular weight excluding hydrogens is 236 g/mol. The Kier molecular flexibility index (Phi) is 3.45. The number of nitrogens with one attached hydrogen (secondary N) is 1. The molecule has 0 aromatic heterocycles. The molecule has 1 aliphatic carbocycles. The summed E-state index contributed by atoms with van der Waals surface area (Å²) < 4.78 is 0. The SMILES string of the molecule is Cc1cccc(NC(=O)N2CC3CCCCC3C2)c1. The monoisotopic (exact) mass is 258 g/mol. The van der Waals surface area contributed by atoms with E-state index >= 15 is 0 Å². The fourth-order valence-corrected chi connectivity index (χ4v) is 3.50. The second-order valence-electron chi connectivity index (χ2n) is 6.01. The van der Waals surface area contributed by atoms with Crippen molar-refractivity contribution in [1.82, 2.24) is 4.90 Å². The summed E-state index contributed by atoms with van der Waals surface area (Å²) in [6, 6.07) is 8.06. The first-order valence-electron chi connectivity index (χ1n) is 7.35. The van der Waals surface area contributed by atoms with E-state index in [1.54, 1.807) is 0 Å². The van der Waals surface area contributed by atoms with E-state index in [4.69, 9.17) is 0 Å².